The molecule has 2 heterocycles. The van der Waals surface area contributed by atoms with Crippen LogP contribution >= 0.6 is 0 Å². The average molecular weight is 425 g/mol. The summed E-state index contributed by atoms with van der Waals surface area (Å²) < 4.78 is 16.6. The Hall–Kier alpha value is -3.07. The molecule has 0 spiro atoms. The zero-order valence-electron chi connectivity index (χ0n) is 17.1. The van der Waals surface area contributed by atoms with E-state index in [2.05, 4.69) is 0 Å². The van der Waals surface area contributed by atoms with Crippen LogP contribution in [0.2, 0.25) is 0 Å². The van der Waals surface area contributed by atoms with Crippen molar-refractivity contribution in [2.75, 3.05) is 13.7 Å². The number of hydrogen-bond acceptors (Lipinski definition) is 7. The lowest BCUT2D eigenvalue weighted by molar-refractivity contribution is -0.257. The van der Waals surface area contributed by atoms with Gasteiger partial charge in [0.2, 0.25) is 0 Å². The van der Waals surface area contributed by atoms with Crippen LogP contribution in [0.15, 0.2) is 54.6 Å². The number of carbonyl (C=O) groups excluding carboxylic acids is 3. The Balaban J connectivity index is 1.50. The number of amides is 2. The number of carbonyl (C=O) groups is 3. The van der Waals surface area contributed by atoms with E-state index >= 15 is 0 Å². The lowest BCUT2D eigenvalue weighted by Crippen LogP contribution is -2.62. The van der Waals surface area contributed by atoms with Gasteiger partial charge in [0.25, 0.3) is 11.8 Å². The molecule has 0 aromatic heterocycles. The number of methoxy groups -OCH3 is 1. The molecule has 8 heteroatoms. The van der Waals surface area contributed by atoms with E-state index < -0.39 is 48.2 Å². The molecule has 2 amide bonds. The molecule has 3 unspecified atom stereocenters. The van der Waals surface area contributed by atoms with Gasteiger partial charge in [-0.15, -0.1) is 0 Å². The predicted molar refractivity (Wildman–Crippen MR) is 108 cm³/mol. The van der Waals surface area contributed by atoms with Crippen LogP contribution in [0.5, 0.6) is 0 Å². The van der Waals surface area contributed by atoms with Gasteiger partial charge < -0.3 is 19.3 Å². The van der Waals surface area contributed by atoms with Crippen LogP contribution in [0.3, 0.4) is 0 Å². The normalized spacial score (nSPS) is 27.8. The summed E-state index contributed by atoms with van der Waals surface area (Å²) in [6.45, 7) is 1.51. The van der Waals surface area contributed by atoms with Gasteiger partial charge in [-0.05, 0) is 24.3 Å². The summed E-state index contributed by atoms with van der Waals surface area (Å²) in [6.07, 6.45) is -2.95. The summed E-state index contributed by atoms with van der Waals surface area (Å²) in [5.74, 6) is -2.03. The van der Waals surface area contributed by atoms with E-state index in [9.17, 15) is 19.5 Å². The summed E-state index contributed by atoms with van der Waals surface area (Å²) in [5, 5.41) is 10.8. The fourth-order valence-electron chi connectivity index (χ4n) is 4.11. The SMILES string of the molecule is COC1OC(COC(=O)c2ccccc2)C(O)[C@H](C)[C@H]1N1C(=O)c2ccccc2C1=O. The van der Waals surface area contributed by atoms with Crippen molar-refractivity contribution in [1.82, 2.24) is 4.90 Å². The van der Waals surface area contributed by atoms with Crippen LogP contribution in [0.4, 0.5) is 0 Å². The number of nitrogens with zero attached hydrogens (tertiary/aromatic N) is 1. The molecule has 8 nitrogen and oxygen atoms in total. The van der Waals surface area contributed by atoms with Crippen LogP contribution < -0.4 is 0 Å². The highest BCUT2D eigenvalue weighted by molar-refractivity contribution is 6.21. The fourth-order valence-corrected chi connectivity index (χ4v) is 4.11. The number of ether oxygens (including phenoxy) is 3. The minimum Gasteiger partial charge on any atom is -0.459 e. The zero-order valence-corrected chi connectivity index (χ0v) is 17.1. The Morgan fingerprint density at radius 3 is 2.19 bits per heavy atom. The molecule has 31 heavy (non-hydrogen) atoms. The second-order valence-electron chi connectivity index (χ2n) is 7.61. The smallest absolute Gasteiger partial charge is 0.338 e. The van der Waals surface area contributed by atoms with E-state index in [1.807, 2.05) is 0 Å². The molecule has 1 saturated heterocycles. The molecule has 2 aliphatic heterocycles. The van der Waals surface area contributed by atoms with Crippen molar-refractivity contribution in [1.29, 1.82) is 0 Å². The minimum absolute atomic E-state index is 0.200. The van der Waals surface area contributed by atoms with E-state index in [1.165, 1.54) is 7.11 Å². The van der Waals surface area contributed by atoms with E-state index in [0.29, 0.717) is 16.7 Å². The molecule has 5 atom stereocenters. The number of aliphatic hydroxyl groups excluding tert-OH is 1. The van der Waals surface area contributed by atoms with Crippen LogP contribution in [0, 0.1) is 5.92 Å². The van der Waals surface area contributed by atoms with E-state index in [4.69, 9.17) is 14.2 Å². The predicted octanol–water partition coefficient (Wildman–Crippen LogP) is 1.88. The molecule has 2 aromatic rings. The van der Waals surface area contributed by atoms with Gasteiger partial charge in [-0.1, -0.05) is 37.3 Å². The summed E-state index contributed by atoms with van der Waals surface area (Å²) in [4.78, 5) is 39.2. The molecule has 1 fully saturated rings. The minimum atomic E-state index is -1.09. The van der Waals surface area contributed by atoms with Gasteiger partial charge in [-0.2, -0.15) is 0 Å². The molecular weight excluding hydrogens is 402 g/mol. The van der Waals surface area contributed by atoms with Crippen molar-refractivity contribution in [2.45, 2.75) is 31.5 Å². The van der Waals surface area contributed by atoms with Crippen molar-refractivity contribution < 1.29 is 33.7 Å². The number of imide groups is 1. The molecular formula is C23H23NO7. The average Bonchev–Trinajstić information content (AvgIpc) is 3.05. The molecule has 0 aliphatic carbocycles. The Labute approximate surface area is 179 Å². The number of rotatable bonds is 5. The third kappa shape index (κ3) is 3.74. The topological polar surface area (TPSA) is 102 Å². The first kappa shape index (κ1) is 21.2. The molecule has 2 aromatic carbocycles. The van der Waals surface area contributed by atoms with Gasteiger partial charge in [-0.3, -0.25) is 14.5 Å². The Morgan fingerprint density at radius 2 is 1.61 bits per heavy atom. The van der Waals surface area contributed by atoms with Gasteiger partial charge in [0, 0.05) is 13.0 Å². The molecule has 1 N–H and O–H groups in total. The number of aliphatic hydroxyl groups is 1. The van der Waals surface area contributed by atoms with Crippen molar-refractivity contribution in [3.63, 3.8) is 0 Å². The van der Waals surface area contributed by atoms with Gasteiger partial charge in [-0.25, -0.2) is 4.79 Å². The highest BCUT2D eigenvalue weighted by Crippen LogP contribution is 2.35. The maximum atomic E-state index is 12.9. The van der Waals surface area contributed by atoms with Crippen LogP contribution in [-0.4, -0.2) is 66.0 Å². The highest BCUT2D eigenvalue weighted by atomic mass is 16.7. The summed E-state index contributed by atoms with van der Waals surface area (Å²) in [7, 11) is 1.40. The fraction of sp³-hybridized carbons (Fsp3) is 0.348. The van der Waals surface area contributed by atoms with Gasteiger partial charge in [0.1, 0.15) is 12.7 Å². The largest absolute Gasteiger partial charge is 0.459 e. The van der Waals surface area contributed by atoms with Crippen molar-refractivity contribution in [3.8, 4) is 0 Å². The number of benzene rings is 2. The highest BCUT2D eigenvalue weighted by Gasteiger charge is 2.52. The first-order chi connectivity index (χ1) is 14.9. The third-order valence-electron chi connectivity index (χ3n) is 5.79. The monoisotopic (exact) mass is 425 g/mol. The maximum absolute atomic E-state index is 12.9. The Bertz CT molecular complexity index is 955. The van der Waals surface area contributed by atoms with Crippen LogP contribution in [0.25, 0.3) is 0 Å². The Morgan fingerprint density at radius 1 is 1.03 bits per heavy atom. The second kappa shape index (κ2) is 8.58. The molecule has 2 aliphatic rings. The second-order valence-corrected chi connectivity index (χ2v) is 7.61. The van der Waals surface area contributed by atoms with Crippen LogP contribution in [-0.2, 0) is 14.2 Å². The molecule has 0 bridgehead atoms. The van der Waals surface area contributed by atoms with Crippen molar-refractivity contribution in [3.05, 3.63) is 71.3 Å². The van der Waals surface area contributed by atoms with Crippen LogP contribution in [0.1, 0.15) is 38.0 Å². The zero-order chi connectivity index (χ0) is 22.1. The van der Waals surface area contributed by atoms with Gasteiger partial charge in [0.05, 0.1) is 28.8 Å². The summed E-state index contributed by atoms with van der Waals surface area (Å²) >= 11 is 0. The van der Waals surface area contributed by atoms with Gasteiger partial charge in [0.15, 0.2) is 6.29 Å². The standard InChI is InChI=1S/C23H23NO7/c1-13-18(24-20(26)15-10-6-7-11-16(15)21(24)27)23(29-2)31-17(19(13)25)12-30-22(28)14-8-4-3-5-9-14/h3-11,13,17-19,23,25H,12H2,1-2H3/t13-,17?,18-,19?,23?/m1/s1. The lowest BCUT2D eigenvalue weighted by Gasteiger charge is -2.45. The Kier molecular flexibility index (Phi) is 5.86. The molecule has 0 saturated carbocycles. The third-order valence-corrected chi connectivity index (χ3v) is 5.79. The molecule has 0 radical (unpaired) electrons. The first-order valence-electron chi connectivity index (χ1n) is 9.99. The molecule has 162 valence electrons. The quantitative estimate of drug-likeness (QED) is 0.576. The molecule has 4 rings (SSSR count). The summed E-state index contributed by atoms with van der Waals surface area (Å²) in [6, 6.07) is 14.2. The van der Waals surface area contributed by atoms with E-state index in [1.54, 1.807) is 61.5 Å². The van der Waals surface area contributed by atoms with E-state index in [0.717, 1.165) is 4.90 Å². The maximum Gasteiger partial charge on any atom is 0.338 e. The summed E-state index contributed by atoms with van der Waals surface area (Å²) in [5.41, 5.74) is 0.999. The number of esters is 1. The number of hydrogen-bond donors (Lipinski definition) is 1. The lowest BCUT2D eigenvalue weighted by atomic mass is 9.87. The van der Waals surface area contributed by atoms with Crippen molar-refractivity contribution in [2.24, 2.45) is 5.92 Å². The number of fused-ring (bicyclic) bond motifs is 1. The van der Waals surface area contributed by atoms with Gasteiger partial charge >= 0.3 is 5.97 Å². The van der Waals surface area contributed by atoms with E-state index in [-0.39, 0.29) is 6.61 Å². The van der Waals surface area contributed by atoms with Crippen molar-refractivity contribution >= 4 is 17.8 Å². The first-order valence-corrected chi connectivity index (χ1v) is 9.99.